The van der Waals surface area contributed by atoms with Crippen molar-refractivity contribution in [2.45, 2.75) is 117 Å². The molecule has 2 atom stereocenters. The molecule has 2 N–H and O–H groups in total. The Morgan fingerprint density at radius 2 is 1.66 bits per heavy atom. The number of hydrogen-bond acceptors (Lipinski definition) is 5. The molecule has 1 fully saturated rings. The lowest BCUT2D eigenvalue weighted by Crippen LogP contribution is -2.62. The van der Waals surface area contributed by atoms with Crippen molar-refractivity contribution in [3.8, 4) is 0 Å². The third kappa shape index (κ3) is 8.62. The maximum Gasteiger partial charge on any atom is 0.333 e. The van der Waals surface area contributed by atoms with Crippen molar-refractivity contribution in [2.24, 2.45) is 11.8 Å². The van der Waals surface area contributed by atoms with E-state index in [1.165, 1.54) is 6.42 Å². The van der Waals surface area contributed by atoms with Crippen LogP contribution in [0, 0.1) is 11.8 Å². The van der Waals surface area contributed by atoms with Crippen molar-refractivity contribution in [3.05, 3.63) is 11.6 Å². The number of likely N-dealkylation sites (N-methyl/N-ethyl adjacent to an activating group) is 1. The molecule has 35 heavy (non-hydrogen) atoms. The number of nitrogens with zero attached hydrogens (tertiary/aromatic N) is 1. The molecular weight excluding hydrogens is 442 g/mol. The molecular formula is C28H51N3O4. The van der Waals surface area contributed by atoms with E-state index in [0.717, 1.165) is 38.6 Å². The Morgan fingerprint density at radius 1 is 1.06 bits per heavy atom. The molecule has 202 valence electrons. The molecule has 0 saturated heterocycles. The van der Waals surface area contributed by atoms with E-state index >= 15 is 0 Å². The van der Waals surface area contributed by atoms with Crippen molar-refractivity contribution >= 4 is 17.8 Å². The van der Waals surface area contributed by atoms with Gasteiger partial charge in [-0.1, -0.05) is 60.0 Å². The molecule has 1 aliphatic rings. The summed E-state index contributed by atoms with van der Waals surface area (Å²) >= 11 is 0. The van der Waals surface area contributed by atoms with Gasteiger partial charge >= 0.3 is 5.97 Å². The zero-order valence-corrected chi connectivity index (χ0v) is 23.5. The van der Waals surface area contributed by atoms with Gasteiger partial charge in [0.05, 0.1) is 18.2 Å². The quantitative estimate of drug-likeness (QED) is 0.273. The van der Waals surface area contributed by atoms with Gasteiger partial charge in [-0.3, -0.25) is 9.59 Å². The SMILES string of the molecule is CCCNC(CC)(CC)C(=O)N[C@H](C(=O)N(C)[C@H](C=C(C)C(=O)OCC)C(C)C)C1CCCCC1. The van der Waals surface area contributed by atoms with E-state index < -0.39 is 11.6 Å². The third-order valence-electron chi connectivity index (χ3n) is 7.53. The van der Waals surface area contributed by atoms with Gasteiger partial charge in [-0.2, -0.15) is 0 Å². The van der Waals surface area contributed by atoms with Crippen molar-refractivity contribution in [1.82, 2.24) is 15.5 Å². The summed E-state index contributed by atoms with van der Waals surface area (Å²) in [5.41, 5.74) is -0.192. The summed E-state index contributed by atoms with van der Waals surface area (Å²) in [6, 6.07) is -0.860. The number of ether oxygens (including phenoxy) is 1. The molecule has 1 aliphatic carbocycles. The topological polar surface area (TPSA) is 87.7 Å². The van der Waals surface area contributed by atoms with Crippen LogP contribution in [0.5, 0.6) is 0 Å². The number of carbonyl (C=O) groups excluding carboxylic acids is 3. The van der Waals surface area contributed by atoms with E-state index in [1.807, 2.05) is 33.8 Å². The largest absolute Gasteiger partial charge is 0.463 e. The Hall–Kier alpha value is -1.89. The lowest BCUT2D eigenvalue weighted by Gasteiger charge is -2.39. The highest BCUT2D eigenvalue weighted by atomic mass is 16.5. The molecule has 0 bridgehead atoms. The van der Waals surface area contributed by atoms with Gasteiger partial charge in [0.2, 0.25) is 11.8 Å². The van der Waals surface area contributed by atoms with E-state index in [1.54, 1.807) is 25.8 Å². The number of nitrogens with one attached hydrogen (secondary N) is 2. The van der Waals surface area contributed by atoms with E-state index in [-0.39, 0.29) is 35.7 Å². The Bertz CT molecular complexity index is 709. The average Bonchev–Trinajstić information content (AvgIpc) is 2.86. The second kappa shape index (κ2) is 15.3. The number of rotatable bonds is 14. The van der Waals surface area contributed by atoms with Crippen molar-refractivity contribution < 1.29 is 19.1 Å². The zero-order chi connectivity index (χ0) is 26.6. The molecule has 1 saturated carbocycles. The minimum Gasteiger partial charge on any atom is -0.463 e. The van der Waals surface area contributed by atoms with Crippen LogP contribution >= 0.6 is 0 Å². The highest BCUT2D eigenvalue weighted by Gasteiger charge is 2.40. The lowest BCUT2D eigenvalue weighted by atomic mass is 9.82. The molecule has 2 amide bonds. The van der Waals surface area contributed by atoms with Crippen molar-refractivity contribution in [3.63, 3.8) is 0 Å². The Labute approximate surface area is 213 Å². The highest BCUT2D eigenvalue weighted by Crippen LogP contribution is 2.29. The number of hydrogen-bond donors (Lipinski definition) is 2. The van der Waals surface area contributed by atoms with Crippen LogP contribution in [0.2, 0.25) is 0 Å². The minimum atomic E-state index is -0.681. The fourth-order valence-electron chi connectivity index (χ4n) is 5.08. The van der Waals surface area contributed by atoms with Crippen LogP contribution in [0.1, 0.15) is 99.8 Å². The van der Waals surface area contributed by atoms with Crippen LogP contribution in [-0.4, -0.2) is 60.5 Å². The Kier molecular flexibility index (Phi) is 13.6. The molecule has 0 spiro atoms. The molecule has 0 aromatic rings. The fraction of sp³-hybridized carbons (Fsp3) is 0.821. The summed E-state index contributed by atoms with van der Waals surface area (Å²) in [7, 11) is 1.78. The van der Waals surface area contributed by atoms with Crippen LogP contribution in [-0.2, 0) is 19.1 Å². The van der Waals surface area contributed by atoms with E-state index in [2.05, 4.69) is 17.6 Å². The second-order valence-corrected chi connectivity index (χ2v) is 10.3. The van der Waals surface area contributed by atoms with Crippen LogP contribution in [0.3, 0.4) is 0 Å². The zero-order valence-electron chi connectivity index (χ0n) is 23.5. The van der Waals surface area contributed by atoms with Gasteiger partial charge < -0.3 is 20.3 Å². The summed E-state index contributed by atoms with van der Waals surface area (Å²) in [4.78, 5) is 41.5. The van der Waals surface area contributed by atoms with E-state index in [4.69, 9.17) is 4.74 Å². The number of amides is 2. The van der Waals surface area contributed by atoms with Crippen LogP contribution in [0.25, 0.3) is 0 Å². The van der Waals surface area contributed by atoms with Gasteiger partial charge in [0, 0.05) is 12.6 Å². The van der Waals surface area contributed by atoms with Crippen molar-refractivity contribution in [1.29, 1.82) is 0 Å². The molecule has 7 heteroatoms. The van der Waals surface area contributed by atoms with Crippen LogP contribution in [0.15, 0.2) is 11.6 Å². The number of carbonyl (C=O) groups is 3. The molecule has 0 heterocycles. The summed E-state index contributed by atoms with van der Waals surface area (Å²) in [5, 5.41) is 6.66. The van der Waals surface area contributed by atoms with E-state index in [0.29, 0.717) is 25.0 Å². The van der Waals surface area contributed by atoms with Crippen LogP contribution in [0.4, 0.5) is 0 Å². The summed E-state index contributed by atoms with van der Waals surface area (Å²) in [6.45, 7) is 14.8. The highest BCUT2D eigenvalue weighted by molar-refractivity contribution is 5.92. The minimum absolute atomic E-state index is 0.0894. The predicted octanol–water partition coefficient (Wildman–Crippen LogP) is 4.60. The molecule has 0 aromatic carbocycles. The maximum absolute atomic E-state index is 14.0. The van der Waals surface area contributed by atoms with Crippen LogP contribution < -0.4 is 10.6 Å². The third-order valence-corrected chi connectivity index (χ3v) is 7.53. The number of esters is 1. The smallest absolute Gasteiger partial charge is 0.333 e. The Balaban J connectivity index is 3.27. The fourth-order valence-corrected chi connectivity index (χ4v) is 5.08. The molecule has 0 radical (unpaired) electrons. The van der Waals surface area contributed by atoms with Gasteiger partial charge in [-0.15, -0.1) is 0 Å². The molecule has 7 nitrogen and oxygen atoms in total. The van der Waals surface area contributed by atoms with Gasteiger partial charge in [-0.05, 0) is 64.3 Å². The lowest BCUT2D eigenvalue weighted by molar-refractivity contribution is -0.141. The van der Waals surface area contributed by atoms with Gasteiger partial charge in [0.1, 0.15) is 6.04 Å². The first-order valence-corrected chi connectivity index (χ1v) is 13.8. The summed E-state index contributed by atoms with van der Waals surface area (Å²) in [6.07, 6.45) is 9.26. The normalized spacial score (nSPS) is 17.1. The van der Waals surface area contributed by atoms with Gasteiger partial charge in [-0.25, -0.2) is 4.79 Å². The average molecular weight is 494 g/mol. The molecule has 1 rings (SSSR count). The molecule has 0 aliphatic heterocycles. The monoisotopic (exact) mass is 493 g/mol. The van der Waals surface area contributed by atoms with Gasteiger partial charge in [0.25, 0.3) is 0 Å². The molecule has 0 unspecified atom stereocenters. The maximum atomic E-state index is 14.0. The molecule has 0 aromatic heterocycles. The Morgan fingerprint density at radius 3 is 2.14 bits per heavy atom. The first-order chi connectivity index (χ1) is 16.6. The summed E-state index contributed by atoms with van der Waals surface area (Å²) < 4.78 is 5.14. The van der Waals surface area contributed by atoms with Crippen molar-refractivity contribution in [2.75, 3.05) is 20.2 Å². The van der Waals surface area contributed by atoms with Gasteiger partial charge in [0.15, 0.2) is 0 Å². The van der Waals surface area contributed by atoms with E-state index in [9.17, 15) is 14.4 Å². The summed E-state index contributed by atoms with van der Waals surface area (Å²) in [5.74, 6) is -0.342. The predicted molar refractivity (Wildman–Crippen MR) is 142 cm³/mol. The standard InChI is InChI=1S/C28H51N3O4/c1-9-18-29-28(10-2,11-3)27(34)30-24(22-16-14-13-15-17-22)25(32)31(8)23(20(5)6)19-21(7)26(33)35-12-4/h19-20,22-24,29H,9-18H2,1-8H3,(H,30,34)/t23-,24+/m1/s1. The first kappa shape index (κ1) is 31.1. The second-order valence-electron chi connectivity index (χ2n) is 10.3. The first-order valence-electron chi connectivity index (χ1n) is 13.8.